The van der Waals surface area contributed by atoms with E-state index in [4.69, 9.17) is 14.2 Å². The molecule has 0 aliphatic heterocycles. The molecule has 0 fully saturated rings. The number of unbranched alkanes of at least 4 members (excludes halogenated alkanes) is 27. The minimum atomic E-state index is -0.805. The lowest BCUT2D eigenvalue weighted by atomic mass is 10.0. The fourth-order valence-corrected chi connectivity index (χ4v) is 8.53. The maximum absolute atomic E-state index is 12.9. The molecule has 0 heterocycles. The third-order valence-corrected chi connectivity index (χ3v) is 13.2. The van der Waals surface area contributed by atoms with Crippen molar-refractivity contribution < 1.29 is 28.6 Å². The van der Waals surface area contributed by atoms with Gasteiger partial charge >= 0.3 is 17.9 Å². The third kappa shape index (κ3) is 60.8. The fraction of sp³-hybridized carbons (Fsp3) is 0.696. The molecule has 0 amide bonds. The SMILES string of the molecule is CC/C=C\C/C=C\C/C=C\C/C=C\C/C=C\CCCCCC(=O)OC(COC(=O)CCCCCCC/C=C\C/C=C\CCCCC)COC(=O)CCCCCCCCCCCCC/C=C\C/C=C\CCCCCCC. The van der Waals surface area contributed by atoms with E-state index in [1.165, 1.54) is 122 Å². The van der Waals surface area contributed by atoms with Gasteiger partial charge in [-0.25, -0.2) is 0 Å². The van der Waals surface area contributed by atoms with Crippen molar-refractivity contribution >= 4 is 17.9 Å². The summed E-state index contributed by atoms with van der Waals surface area (Å²) in [6, 6.07) is 0. The van der Waals surface area contributed by atoms with E-state index in [1.54, 1.807) is 0 Å². The summed E-state index contributed by atoms with van der Waals surface area (Å²) in [4.78, 5) is 38.3. The van der Waals surface area contributed by atoms with Crippen LogP contribution in [0.1, 0.15) is 290 Å². The van der Waals surface area contributed by atoms with Gasteiger partial charge in [-0.3, -0.25) is 14.4 Å². The number of carbonyl (C=O) groups excluding carboxylic acids is 3. The van der Waals surface area contributed by atoms with E-state index in [2.05, 4.69) is 130 Å². The number of ether oxygens (including phenoxy) is 3. The molecule has 75 heavy (non-hydrogen) atoms. The van der Waals surface area contributed by atoms with Crippen molar-refractivity contribution in [2.75, 3.05) is 13.2 Å². The smallest absolute Gasteiger partial charge is 0.306 e. The quantitative estimate of drug-likeness (QED) is 0.0261. The van der Waals surface area contributed by atoms with Gasteiger partial charge in [-0.15, -0.1) is 0 Å². The molecule has 6 heteroatoms. The molecule has 0 spiro atoms. The molecule has 0 bridgehead atoms. The molecular weight excluding hydrogens is 925 g/mol. The van der Waals surface area contributed by atoms with Gasteiger partial charge in [0.1, 0.15) is 13.2 Å². The molecule has 0 N–H and O–H groups in total. The molecule has 0 radical (unpaired) electrons. The largest absolute Gasteiger partial charge is 0.462 e. The van der Waals surface area contributed by atoms with Gasteiger partial charge in [-0.1, -0.05) is 252 Å². The number of carbonyl (C=O) groups is 3. The highest BCUT2D eigenvalue weighted by atomic mass is 16.6. The summed E-state index contributed by atoms with van der Waals surface area (Å²) in [5.41, 5.74) is 0. The van der Waals surface area contributed by atoms with Gasteiger partial charge in [0, 0.05) is 19.3 Å². The predicted octanol–water partition coefficient (Wildman–Crippen LogP) is 21.4. The molecule has 0 rings (SSSR count). The Balaban J connectivity index is 4.43. The van der Waals surface area contributed by atoms with Crippen molar-refractivity contribution in [3.05, 3.63) is 109 Å². The Hall–Kier alpha value is -3.93. The molecule has 0 aliphatic rings. The van der Waals surface area contributed by atoms with Crippen LogP contribution in [0.3, 0.4) is 0 Å². The first kappa shape index (κ1) is 71.1. The second-order valence-electron chi connectivity index (χ2n) is 20.6. The lowest BCUT2D eigenvalue weighted by Gasteiger charge is -2.18. The van der Waals surface area contributed by atoms with Crippen LogP contribution in [-0.2, 0) is 28.6 Å². The van der Waals surface area contributed by atoms with Crippen LogP contribution in [0.5, 0.6) is 0 Å². The standard InChI is InChI=1S/C69H116O6/c1-4-7-10-13-16-19-22-25-28-30-32-33-34-35-37-38-41-44-47-50-53-56-59-62-68(71)74-65-66(64-73-67(70)61-58-55-52-49-46-43-40-27-24-21-18-15-12-9-6-3)75-69(72)63-60-57-54-51-48-45-42-39-36-31-29-26-23-20-17-14-11-8-5-2/h8,11,17-18,20-22,25-27,29-30,32,36,39-40,45,48,66H,4-7,9-10,12-16,19,23-24,28,31,33-35,37-38,41-44,46-47,49-65H2,1-3H3/b11-8-,20-17-,21-18-,25-22-,29-26-,32-30-,39-36-,40-27-,48-45-. The van der Waals surface area contributed by atoms with E-state index in [0.29, 0.717) is 12.8 Å². The van der Waals surface area contributed by atoms with Crippen LogP contribution in [0, 0.1) is 0 Å². The fourth-order valence-electron chi connectivity index (χ4n) is 8.53. The molecule has 0 saturated heterocycles. The summed E-state index contributed by atoms with van der Waals surface area (Å²) in [5, 5.41) is 0. The van der Waals surface area contributed by atoms with E-state index in [1.807, 2.05) is 0 Å². The van der Waals surface area contributed by atoms with Crippen LogP contribution in [0.25, 0.3) is 0 Å². The Morgan fingerprint density at radius 1 is 0.280 bits per heavy atom. The first-order valence-corrected chi connectivity index (χ1v) is 31.4. The lowest BCUT2D eigenvalue weighted by Crippen LogP contribution is -2.30. The Morgan fingerprint density at radius 3 is 0.853 bits per heavy atom. The Kier molecular flexibility index (Phi) is 59.3. The van der Waals surface area contributed by atoms with Crippen LogP contribution in [0.4, 0.5) is 0 Å². The highest BCUT2D eigenvalue weighted by Gasteiger charge is 2.19. The molecule has 0 aromatic carbocycles. The molecule has 1 unspecified atom stereocenters. The monoisotopic (exact) mass is 1040 g/mol. The van der Waals surface area contributed by atoms with Gasteiger partial charge in [0.25, 0.3) is 0 Å². The number of allylic oxidation sites excluding steroid dienone is 18. The van der Waals surface area contributed by atoms with Gasteiger partial charge in [0.15, 0.2) is 6.10 Å². The molecule has 6 nitrogen and oxygen atoms in total. The summed E-state index contributed by atoms with van der Waals surface area (Å²) in [5.74, 6) is -0.941. The Bertz CT molecular complexity index is 1520. The van der Waals surface area contributed by atoms with Crippen LogP contribution in [-0.4, -0.2) is 37.2 Å². The number of hydrogen-bond donors (Lipinski definition) is 0. The van der Waals surface area contributed by atoms with E-state index in [0.717, 1.165) is 128 Å². The van der Waals surface area contributed by atoms with Crippen molar-refractivity contribution in [1.29, 1.82) is 0 Å². The van der Waals surface area contributed by atoms with E-state index >= 15 is 0 Å². The Morgan fingerprint density at radius 2 is 0.520 bits per heavy atom. The molecule has 0 aliphatic carbocycles. The molecule has 1 atom stereocenters. The maximum Gasteiger partial charge on any atom is 0.306 e. The van der Waals surface area contributed by atoms with Crippen molar-refractivity contribution in [3.8, 4) is 0 Å². The Labute approximate surface area is 463 Å². The van der Waals surface area contributed by atoms with E-state index < -0.39 is 6.10 Å². The summed E-state index contributed by atoms with van der Waals surface area (Å²) in [7, 11) is 0. The minimum Gasteiger partial charge on any atom is -0.462 e. The normalized spacial score (nSPS) is 12.8. The maximum atomic E-state index is 12.9. The first-order chi connectivity index (χ1) is 37.0. The predicted molar refractivity (Wildman–Crippen MR) is 325 cm³/mol. The van der Waals surface area contributed by atoms with Crippen molar-refractivity contribution in [2.45, 2.75) is 297 Å². The number of rotatable bonds is 56. The molecule has 428 valence electrons. The second kappa shape index (κ2) is 62.6. The zero-order valence-corrected chi connectivity index (χ0v) is 49.0. The van der Waals surface area contributed by atoms with Crippen LogP contribution < -0.4 is 0 Å². The molecule has 0 aromatic rings. The summed E-state index contributed by atoms with van der Waals surface area (Å²) >= 11 is 0. The highest BCUT2D eigenvalue weighted by molar-refractivity contribution is 5.71. The minimum absolute atomic E-state index is 0.0979. The average Bonchev–Trinajstić information content (AvgIpc) is 3.41. The third-order valence-electron chi connectivity index (χ3n) is 13.2. The van der Waals surface area contributed by atoms with Gasteiger partial charge in [0.2, 0.25) is 0 Å². The van der Waals surface area contributed by atoms with Crippen molar-refractivity contribution in [3.63, 3.8) is 0 Å². The zero-order chi connectivity index (χ0) is 54.3. The van der Waals surface area contributed by atoms with Crippen molar-refractivity contribution in [1.82, 2.24) is 0 Å². The van der Waals surface area contributed by atoms with Gasteiger partial charge in [-0.2, -0.15) is 0 Å². The lowest BCUT2D eigenvalue weighted by molar-refractivity contribution is -0.167. The van der Waals surface area contributed by atoms with Crippen LogP contribution >= 0.6 is 0 Å². The summed E-state index contributed by atoms with van der Waals surface area (Å²) < 4.78 is 16.9. The van der Waals surface area contributed by atoms with E-state index in [9.17, 15) is 14.4 Å². The molecule has 0 aromatic heterocycles. The zero-order valence-electron chi connectivity index (χ0n) is 49.0. The second-order valence-corrected chi connectivity index (χ2v) is 20.6. The van der Waals surface area contributed by atoms with Crippen molar-refractivity contribution in [2.24, 2.45) is 0 Å². The summed E-state index contributed by atoms with van der Waals surface area (Å²) in [6.07, 6.45) is 85.1. The number of esters is 3. The average molecular weight is 1040 g/mol. The molecule has 0 saturated carbocycles. The van der Waals surface area contributed by atoms with E-state index in [-0.39, 0.29) is 37.5 Å². The summed E-state index contributed by atoms with van der Waals surface area (Å²) in [6.45, 7) is 6.46. The van der Waals surface area contributed by atoms with Crippen LogP contribution in [0.15, 0.2) is 109 Å². The highest BCUT2D eigenvalue weighted by Crippen LogP contribution is 2.15. The van der Waals surface area contributed by atoms with Gasteiger partial charge in [0.05, 0.1) is 0 Å². The van der Waals surface area contributed by atoms with Crippen LogP contribution in [0.2, 0.25) is 0 Å². The van der Waals surface area contributed by atoms with Gasteiger partial charge in [-0.05, 0) is 128 Å². The number of hydrogen-bond acceptors (Lipinski definition) is 6. The molecular formula is C69H116O6. The topological polar surface area (TPSA) is 78.9 Å². The van der Waals surface area contributed by atoms with Gasteiger partial charge < -0.3 is 14.2 Å². The first-order valence-electron chi connectivity index (χ1n) is 31.4.